The summed E-state index contributed by atoms with van der Waals surface area (Å²) >= 11 is 0. The smallest absolute Gasteiger partial charge is 0.410 e. The zero-order chi connectivity index (χ0) is 16.2. The molecule has 2 aliphatic heterocycles. The number of anilines is 1. The van der Waals surface area contributed by atoms with Crippen molar-refractivity contribution in [3.8, 4) is 0 Å². The van der Waals surface area contributed by atoms with Gasteiger partial charge in [-0.05, 0) is 56.9 Å². The lowest BCUT2D eigenvalue weighted by atomic mass is 9.88. The molecule has 2 atom stereocenters. The molecule has 1 amide bonds. The van der Waals surface area contributed by atoms with Crippen molar-refractivity contribution in [2.75, 3.05) is 31.1 Å². The number of aryl methyl sites for hydroxylation is 2. The van der Waals surface area contributed by atoms with Crippen molar-refractivity contribution < 1.29 is 9.53 Å². The van der Waals surface area contributed by atoms with Gasteiger partial charge in [0, 0.05) is 43.7 Å². The van der Waals surface area contributed by atoms with Crippen molar-refractivity contribution in [1.29, 1.82) is 0 Å². The van der Waals surface area contributed by atoms with E-state index in [2.05, 4.69) is 23.1 Å². The van der Waals surface area contributed by atoms with E-state index in [0.29, 0.717) is 11.8 Å². The number of likely N-dealkylation sites (tertiary alicyclic amines) is 1. The molecule has 0 aromatic heterocycles. The fraction of sp³-hybridized carbons (Fsp3) is 0.632. The van der Waals surface area contributed by atoms with Crippen molar-refractivity contribution >= 4 is 11.8 Å². The standard InChI is InChI=1S/C19H26N2O2/c1-19(2,3)23-18(22)21-11-15-9-20(10-16(15)12-21)17-7-6-13-4-5-14(13)8-17/h6-8,15-16H,4-5,9-12H2,1-3H3/t15-,16+. The highest BCUT2D eigenvalue weighted by molar-refractivity contribution is 5.68. The fourth-order valence-electron chi connectivity index (χ4n) is 4.06. The van der Waals surface area contributed by atoms with Gasteiger partial charge in [-0.15, -0.1) is 0 Å². The van der Waals surface area contributed by atoms with Crippen molar-refractivity contribution in [3.05, 3.63) is 29.3 Å². The first kappa shape index (κ1) is 14.9. The maximum absolute atomic E-state index is 12.2. The zero-order valence-electron chi connectivity index (χ0n) is 14.3. The number of fused-ring (bicyclic) bond motifs is 2. The Hall–Kier alpha value is -1.71. The SMILES string of the molecule is CC(C)(C)OC(=O)N1C[C@@H]2CN(c3ccc4c(c3)CC4)C[C@@H]2C1. The van der Waals surface area contributed by atoms with Crippen LogP contribution in [0, 0.1) is 11.8 Å². The number of benzene rings is 1. The number of rotatable bonds is 1. The van der Waals surface area contributed by atoms with Gasteiger partial charge in [0.15, 0.2) is 0 Å². The maximum Gasteiger partial charge on any atom is 0.410 e. The molecular formula is C19H26N2O2. The summed E-state index contributed by atoms with van der Waals surface area (Å²) in [7, 11) is 0. The Morgan fingerprint density at radius 1 is 1.04 bits per heavy atom. The molecule has 4 rings (SSSR count). The molecule has 4 heteroatoms. The molecule has 0 radical (unpaired) electrons. The van der Waals surface area contributed by atoms with Gasteiger partial charge in [0.2, 0.25) is 0 Å². The van der Waals surface area contributed by atoms with Gasteiger partial charge in [0.05, 0.1) is 0 Å². The Kier molecular flexibility index (Phi) is 3.33. The Balaban J connectivity index is 1.38. The molecule has 0 spiro atoms. The van der Waals surface area contributed by atoms with Crippen molar-refractivity contribution in [3.63, 3.8) is 0 Å². The Labute approximate surface area is 138 Å². The molecule has 2 fully saturated rings. The maximum atomic E-state index is 12.2. The van der Waals surface area contributed by atoms with Crippen molar-refractivity contribution in [2.24, 2.45) is 11.8 Å². The average Bonchev–Trinajstić information content (AvgIpc) is 2.96. The third-order valence-corrected chi connectivity index (χ3v) is 5.36. The average molecular weight is 314 g/mol. The molecule has 23 heavy (non-hydrogen) atoms. The number of carbonyl (C=O) groups excluding carboxylic acids is 1. The molecule has 0 N–H and O–H groups in total. The predicted molar refractivity (Wildman–Crippen MR) is 90.9 cm³/mol. The fourth-order valence-corrected chi connectivity index (χ4v) is 4.06. The minimum absolute atomic E-state index is 0.153. The lowest BCUT2D eigenvalue weighted by Crippen LogP contribution is -2.37. The van der Waals surface area contributed by atoms with Gasteiger partial charge in [-0.3, -0.25) is 0 Å². The van der Waals surface area contributed by atoms with Gasteiger partial charge in [-0.2, -0.15) is 0 Å². The van der Waals surface area contributed by atoms with Gasteiger partial charge in [-0.25, -0.2) is 4.79 Å². The van der Waals surface area contributed by atoms with E-state index in [4.69, 9.17) is 4.74 Å². The first-order chi connectivity index (χ1) is 10.9. The molecule has 1 aromatic rings. The number of ether oxygens (including phenoxy) is 1. The predicted octanol–water partition coefficient (Wildman–Crippen LogP) is 3.09. The van der Waals surface area contributed by atoms with E-state index in [-0.39, 0.29) is 6.09 Å². The molecule has 2 heterocycles. The highest BCUT2D eigenvalue weighted by atomic mass is 16.6. The van der Waals surface area contributed by atoms with Crippen LogP contribution in [0.4, 0.5) is 10.5 Å². The number of nitrogens with zero attached hydrogens (tertiary/aromatic N) is 2. The van der Waals surface area contributed by atoms with E-state index in [1.54, 1.807) is 0 Å². The first-order valence-corrected chi connectivity index (χ1v) is 8.74. The topological polar surface area (TPSA) is 32.8 Å². The lowest BCUT2D eigenvalue weighted by Gasteiger charge is -2.27. The summed E-state index contributed by atoms with van der Waals surface area (Å²) in [6.45, 7) is 9.56. The Bertz CT molecular complexity index is 621. The quantitative estimate of drug-likeness (QED) is 0.798. The van der Waals surface area contributed by atoms with Crippen LogP contribution >= 0.6 is 0 Å². The van der Waals surface area contributed by atoms with Crippen LogP contribution in [0.3, 0.4) is 0 Å². The third kappa shape index (κ3) is 2.79. The summed E-state index contributed by atoms with van der Waals surface area (Å²) < 4.78 is 5.51. The summed E-state index contributed by atoms with van der Waals surface area (Å²) in [4.78, 5) is 16.6. The highest BCUT2D eigenvalue weighted by Crippen LogP contribution is 2.36. The number of carbonyl (C=O) groups is 1. The minimum atomic E-state index is -0.410. The van der Waals surface area contributed by atoms with Gasteiger partial charge in [-0.1, -0.05) is 6.07 Å². The van der Waals surface area contributed by atoms with E-state index in [1.165, 1.54) is 29.7 Å². The van der Waals surface area contributed by atoms with Crippen LogP contribution < -0.4 is 4.90 Å². The van der Waals surface area contributed by atoms with Gasteiger partial charge in [0.25, 0.3) is 0 Å². The molecule has 1 aliphatic carbocycles. The van der Waals surface area contributed by atoms with Crippen LogP contribution in [0.25, 0.3) is 0 Å². The summed E-state index contributed by atoms with van der Waals surface area (Å²) in [5, 5.41) is 0. The van der Waals surface area contributed by atoms with Crippen LogP contribution in [0.1, 0.15) is 31.9 Å². The number of hydrogen-bond donors (Lipinski definition) is 0. The molecule has 0 bridgehead atoms. The second kappa shape index (κ2) is 5.15. The molecule has 4 nitrogen and oxygen atoms in total. The zero-order valence-corrected chi connectivity index (χ0v) is 14.3. The van der Waals surface area contributed by atoms with Crippen LogP contribution in [-0.4, -0.2) is 42.8 Å². The Morgan fingerprint density at radius 2 is 1.70 bits per heavy atom. The van der Waals surface area contributed by atoms with Crippen LogP contribution in [0.2, 0.25) is 0 Å². The summed E-state index contributed by atoms with van der Waals surface area (Å²) in [6, 6.07) is 6.92. The first-order valence-electron chi connectivity index (χ1n) is 8.74. The van der Waals surface area contributed by atoms with E-state index in [0.717, 1.165) is 26.2 Å². The van der Waals surface area contributed by atoms with Gasteiger partial charge >= 0.3 is 6.09 Å². The molecule has 2 saturated heterocycles. The van der Waals surface area contributed by atoms with Crippen molar-refractivity contribution in [2.45, 2.75) is 39.2 Å². The summed E-state index contributed by atoms with van der Waals surface area (Å²) in [5.74, 6) is 1.15. The Morgan fingerprint density at radius 3 is 2.22 bits per heavy atom. The minimum Gasteiger partial charge on any atom is -0.444 e. The summed E-state index contributed by atoms with van der Waals surface area (Å²) in [6.07, 6.45) is 2.32. The number of amides is 1. The highest BCUT2D eigenvalue weighted by Gasteiger charge is 2.42. The number of hydrogen-bond acceptors (Lipinski definition) is 3. The largest absolute Gasteiger partial charge is 0.444 e. The van der Waals surface area contributed by atoms with E-state index < -0.39 is 5.60 Å². The van der Waals surface area contributed by atoms with Crippen LogP contribution in [0.5, 0.6) is 0 Å². The summed E-state index contributed by atoms with van der Waals surface area (Å²) in [5.41, 5.74) is 3.99. The molecule has 0 unspecified atom stereocenters. The molecule has 1 aromatic carbocycles. The van der Waals surface area contributed by atoms with E-state index >= 15 is 0 Å². The lowest BCUT2D eigenvalue weighted by molar-refractivity contribution is 0.0282. The van der Waals surface area contributed by atoms with Crippen LogP contribution in [0.15, 0.2) is 18.2 Å². The van der Waals surface area contributed by atoms with Gasteiger partial charge in [0.1, 0.15) is 5.60 Å². The molecule has 3 aliphatic rings. The second-order valence-electron chi connectivity index (χ2n) is 8.26. The molecular weight excluding hydrogens is 288 g/mol. The third-order valence-electron chi connectivity index (χ3n) is 5.36. The van der Waals surface area contributed by atoms with Crippen LogP contribution in [-0.2, 0) is 17.6 Å². The normalized spacial score (nSPS) is 25.9. The second-order valence-corrected chi connectivity index (χ2v) is 8.26. The van der Waals surface area contributed by atoms with Gasteiger partial charge < -0.3 is 14.5 Å². The molecule has 124 valence electrons. The van der Waals surface area contributed by atoms with E-state index in [1.807, 2.05) is 25.7 Å². The molecule has 0 saturated carbocycles. The van der Waals surface area contributed by atoms with E-state index in [9.17, 15) is 4.79 Å². The monoisotopic (exact) mass is 314 g/mol. The van der Waals surface area contributed by atoms with Crippen molar-refractivity contribution in [1.82, 2.24) is 4.90 Å².